The van der Waals surface area contributed by atoms with E-state index in [-0.39, 0.29) is 11.8 Å². The summed E-state index contributed by atoms with van der Waals surface area (Å²) in [7, 11) is 0. The Morgan fingerprint density at radius 3 is 2.07 bits per heavy atom. The van der Waals surface area contributed by atoms with Crippen LogP contribution in [0.5, 0.6) is 0 Å². The van der Waals surface area contributed by atoms with Gasteiger partial charge in [0.25, 0.3) is 0 Å². The largest absolute Gasteiger partial charge is 0.481 e. The van der Waals surface area contributed by atoms with Gasteiger partial charge in [0.05, 0.1) is 5.92 Å². The average Bonchev–Trinajstić information content (AvgIpc) is 2.15. The fraction of sp³-hybridized carbons (Fsp3) is 0.818. The molecule has 1 saturated carbocycles. The van der Waals surface area contributed by atoms with E-state index < -0.39 is 5.97 Å². The fourth-order valence-electron chi connectivity index (χ4n) is 3.02. The Hall–Kier alpha value is -1.06. The molecule has 1 aliphatic heterocycles. The number of carboxylic acid groups (broad SMARTS) is 1. The highest BCUT2D eigenvalue weighted by molar-refractivity contribution is 5.73. The van der Waals surface area contributed by atoms with Crippen molar-refractivity contribution in [2.75, 3.05) is 13.1 Å². The van der Waals surface area contributed by atoms with Crippen LogP contribution in [0.4, 0.5) is 0 Å². The predicted molar refractivity (Wildman–Crippen MR) is 54.2 cm³/mol. The third kappa shape index (κ3) is 2.13. The van der Waals surface area contributed by atoms with Gasteiger partial charge in [-0.05, 0) is 31.1 Å². The van der Waals surface area contributed by atoms with Crippen LogP contribution in [-0.2, 0) is 9.59 Å². The molecule has 84 valence electrons. The summed E-state index contributed by atoms with van der Waals surface area (Å²) in [6.07, 6.45) is 2.60. The minimum atomic E-state index is -0.666. The van der Waals surface area contributed by atoms with E-state index in [1.165, 1.54) is 0 Å². The Morgan fingerprint density at radius 2 is 1.67 bits per heavy atom. The Kier molecular flexibility index (Phi) is 2.67. The van der Waals surface area contributed by atoms with Crippen molar-refractivity contribution in [3.8, 4) is 0 Å². The maximum atomic E-state index is 11.3. The van der Waals surface area contributed by atoms with Crippen molar-refractivity contribution < 1.29 is 14.7 Å². The quantitative estimate of drug-likeness (QED) is 0.703. The first-order chi connectivity index (χ1) is 7.06. The number of nitrogens with zero attached hydrogens (tertiary/aromatic N) is 1. The van der Waals surface area contributed by atoms with E-state index in [9.17, 15) is 9.59 Å². The summed E-state index contributed by atoms with van der Waals surface area (Å²) in [5, 5.41) is 8.99. The van der Waals surface area contributed by atoms with Gasteiger partial charge in [-0.2, -0.15) is 0 Å². The predicted octanol–water partition coefficient (Wildman–Crippen LogP) is 0.966. The van der Waals surface area contributed by atoms with E-state index >= 15 is 0 Å². The lowest BCUT2D eigenvalue weighted by Gasteiger charge is -2.43. The van der Waals surface area contributed by atoms with Crippen molar-refractivity contribution in [2.45, 2.75) is 26.2 Å². The molecule has 0 aromatic rings. The molecule has 1 amide bonds. The normalized spacial score (nSPS) is 35.0. The third-order valence-corrected chi connectivity index (χ3v) is 3.65. The van der Waals surface area contributed by atoms with Gasteiger partial charge >= 0.3 is 5.97 Å². The summed E-state index contributed by atoms with van der Waals surface area (Å²) in [6.45, 7) is 3.11. The van der Waals surface area contributed by atoms with Crippen molar-refractivity contribution in [1.29, 1.82) is 0 Å². The molecule has 4 heteroatoms. The molecule has 1 unspecified atom stereocenters. The Balaban J connectivity index is 2.02. The van der Waals surface area contributed by atoms with E-state index in [1.807, 2.05) is 4.90 Å². The van der Waals surface area contributed by atoms with E-state index in [0.29, 0.717) is 11.8 Å². The monoisotopic (exact) mass is 211 g/mol. The van der Waals surface area contributed by atoms with Gasteiger partial charge in [-0.15, -0.1) is 0 Å². The van der Waals surface area contributed by atoms with Crippen LogP contribution >= 0.6 is 0 Å². The molecule has 0 aromatic carbocycles. The smallest absolute Gasteiger partial charge is 0.306 e. The Bertz CT molecular complexity index is 250. The van der Waals surface area contributed by atoms with Gasteiger partial charge in [0.2, 0.25) is 5.91 Å². The van der Waals surface area contributed by atoms with E-state index in [1.54, 1.807) is 6.92 Å². The van der Waals surface area contributed by atoms with Gasteiger partial charge in [0.1, 0.15) is 0 Å². The van der Waals surface area contributed by atoms with Gasteiger partial charge in [-0.1, -0.05) is 0 Å². The number of carbonyl (C=O) groups is 2. The number of carbonyl (C=O) groups excluding carboxylic acids is 1. The number of carboxylic acids is 1. The highest BCUT2D eigenvalue weighted by atomic mass is 16.4. The minimum Gasteiger partial charge on any atom is -0.481 e. The van der Waals surface area contributed by atoms with Crippen LogP contribution < -0.4 is 0 Å². The molecule has 1 saturated heterocycles. The molecule has 2 rings (SSSR count). The van der Waals surface area contributed by atoms with Crippen LogP contribution in [0, 0.1) is 17.8 Å². The first-order valence-electron chi connectivity index (χ1n) is 5.54. The van der Waals surface area contributed by atoms with E-state index in [2.05, 4.69) is 0 Å². The van der Waals surface area contributed by atoms with E-state index in [4.69, 9.17) is 5.11 Å². The summed E-state index contributed by atoms with van der Waals surface area (Å²) in [5.74, 6) is 0.0901. The molecular formula is C11H17NO3. The maximum Gasteiger partial charge on any atom is 0.306 e. The van der Waals surface area contributed by atoms with Crippen LogP contribution in [0.25, 0.3) is 0 Å². The molecule has 4 nitrogen and oxygen atoms in total. The number of likely N-dealkylation sites (tertiary alicyclic amines) is 1. The number of piperidine rings is 1. The standard InChI is InChI=1S/C11H17NO3/c1-7(13)12-5-8-2-9(6-12)4-10(3-8)11(14)15/h8-10H,2-6H2,1H3,(H,14,15)/t8-,9+,10?. The molecule has 0 radical (unpaired) electrons. The van der Waals surface area contributed by atoms with Crippen molar-refractivity contribution in [1.82, 2.24) is 4.90 Å². The number of fused-ring (bicyclic) bond motifs is 2. The molecule has 0 spiro atoms. The number of aliphatic carboxylic acids is 1. The number of hydrogen-bond donors (Lipinski definition) is 1. The van der Waals surface area contributed by atoms with Gasteiger partial charge in [0.15, 0.2) is 0 Å². The summed E-state index contributed by atoms with van der Waals surface area (Å²) in [6, 6.07) is 0. The van der Waals surface area contributed by atoms with Crippen molar-refractivity contribution in [3.05, 3.63) is 0 Å². The topological polar surface area (TPSA) is 57.6 Å². The number of amides is 1. The van der Waals surface area contributed by atoms with Crippen LogP contribution in [0.15, 0.2) is 0 Å². The third-order valence-electron chi connectivity index (χ3n) is 3.65. The molecule has 3 atom stereocenters. The lowest BCUT2D eigenvalue weighted by Crippen LogP contribution is -2.47. The SMILES string of the molecule is CC(=O)N1C[C@@H]2CC(C(=O)O)C[C@@H](C2)C1. The minimum absolute atomic E-state index is 0.124. The van der Waals surface area contributed by atoms with Gasteiger partial charge in [0, 0.05) is 20.0 Å². The van der Waals surface area contributed by atoms with Crippen LogP contribution in [0.2, 0.25) is 0 Å². The molecule has 1 N–H and O–H groups in total. The second-order valence-electron chi connectivity index (χ2n) is 4.90. The van der Waals surface area contributed by atoms with Crippen molar-refractivity contribution in [3.63, 3.8) is 0 Å². The molecule has 0 aromatic heterocycles. The van der Waals surface area contributed by atoms with Crippen molar-refractivity contribution in [2.24, 2.45) is 17.8 Å². The Morgan fingerprint density at radius 1 is 1.13 bits per heavy atom. The highest BCUT2D eigenvalue weighted by Gasteiger charge is 2.38. The zero-order valence-electron chi connectivity index (χ0n) is 8.98. The number of rotatable bonds is 1. The fourth-order valence-corrected chi connectivity index (χ4v) is 3.02. The zero-order valence-corrected chi connectivity index (χ0v) is 8.98. The molecular weight excluding hydrogens is 194 g/mol. The maximum absolute atomic E-state index is 11.3. The molecule has 1 aliphatic carbocycles. The molecule has 2 fully saturated rings. The second-order valence-corrected chi connectivity index (χ2v) is 4.90. The van der Waals surface area contributed by atoms with Crippen LogP contribution in [0.1, 0.15) is 26.2 Å². The van der Waals surface area contributed by atoms with Gasteiger partial charge < -0.3 is 10.0 Å². The lowest BCUT2D eigenvalue weighted by atomic mass is 9.72. The highest BCUT2D eigenvalue weighted by Crippen LogP contribution is 2.37. The van der Waals surface area contributed by atoms with E-state index in [0.717, 1.165) is 32.4 Å². The summed E-state index contributed by atoms with van der Waals surface area (Å²) >= 11 is 0. The molecule has 2 bridgehead atoms. The zero-order chi connectivity index (χ0) is 11.0. The van der Waals surface area contributed by atoms with Gasteiger partial charge in [-0.3, -0.25) is 9.59 Å². The number of hydrogen-bond acceptors (Lipinski definition) is 2. The summed E-state index contributed by atoms with van der Waals surface area (Å²) < 4.78 is 0. The summed E-state index contributed by atoms with van der Waals surface area (Å²) in [4.78, 5) is 24.0. The molecule has 2 aliphatic rings. The van der Waals surface area contributed by atoms with Gasteiger partial charge in [-0.25, -0.2) is 0 Å². The first kappa shape index (κ1) is 10.5. The molecule has 1 heterocycles. The Labute approximate surface area is 89.3 Å². The van der Waals surface area contributed by atoms with Crippen LogP contribution in [0.3, 0.4) is 0 Å². The van der Waals surface area contributed by atoms with Crippen LogP contribution in [-0.4, -0.2) is 35.0 Å². The summed E-state index contributed by atoms with van der Waals surface area (Å²) in [5.41, 5.74) is 0. The average molecular weight is 211 g/mol. The first-order valence-corrected chi connectivity index (χ1v) is 5.54. The van der Waals surface area contributed by atoms with Crippen molar-refractivity contribution >= 4 is 11.9 Å². The molecule has 15 heavy (non-hydrogen) atoms. The second kappa shape index (κ2) is 3.83. The lowest BCUT2D eigenvalue weighted by molar-refractivity contribution is -0.146.